The maximum Gasteiger partial charge on any atom is 0.410 e. The first kappa shape index (κ1) is 57.4. The lowest BCUT2D eigenvalue weighted by Gasteiger charge is -2.47. The maximum atomic E-state index is 12.7. The smallest absolute Gasteiger partial charge is 0.410 e. The van der Waals surface area contributed by atoms with E-state index in [2.05, 4.69) is 78.7 Å². The molecule has 0 unspecified atom stereocenters. The SMILES string of the molecule is C[C@@H]1CN(c2cc(-c3n[nH]c4ccc(N)cc34)ccn2)C[C@H](C)N1CC1CCN(C(=O)OCc2ccccc2)CC1.C[C@@H]1CN(c2cc(-c3n[nH]c4ccc([N+](=O)[O-])cc34)ccn2)C[C@H](C)N1CC1CCC(C(=O)OCc2ccccc2)CC1. The van der Waals surface area contributed by atoms with Crippen molar-refractivity contribution < 1.29 is 24.0 Å². The summed E-state index contributed by atoms with van der Waals surface area (Å²) in [5.41, 5.74) is 14.1. The molecule has 7 heterocycles. The lowest BCUT2D eigenvalue weighted by molar-refractivity contribution is -0.384. The Balaban J connectivity index is 0.000000176. The van der Waals surface area contributed by atoms with Crippen molar-refractivity contribution in [1.29, 1.82) is 0 Å². The zero-order valence-corrected chi connectivity index (χ0v) is 48.6. The van der Waals surface area contributed by atoms with E-state index in [0.29, 0.717) is 54.9 Å². The second kappa shape index (κ2) is 26.0. The van der Waals surface area contributed by atoms with Crippen LogP contribution in [0.25, 0.3) is 44.3 Å². The highest BCUT2D eigenvalue weighted by Crippen LogP contribution is 2.36. The summed E-state index contributed by atoms with van der Waals surface area (Å²) in [4.78, 5) is 57.5. The fourth-order valence-electron chi connectivity index (χ4n) is 13.0. The number of hydrogen-bond acceptors (Lipinski definition) is 15. The zero-order valence-electron chi connectivity index (χ0n) is 48.6. The van der Waals surface area contributed by atoms with Crippen LogP contribution in [0, 0.1) is 27.9 Å². The number of aromatic nitrogens is 6. The molecule has 0 radical (unpaired) electrons. The van der Waals surface area contributed by atoms with Crippen molar-refractivity contribution in [2.75, 3.05) is 67.9 Å². The third-order valence-electron chi connectivity index (χ3n) is 17.7. The number of carbonyl (C=O) groups excluding carboxylic acids is 2. The Kier molecular flexibility index (Phi) is 17.8. The molecule has 4 aliphatic rings. The number of esters is 1. The monoisotopic (exact) mass is 1140 g/mol. The van der Waals surface area contributed by atoms with Crippen molar-refractivity contribution >= 4 is 56.9 Å². The van der Waals surface area contributed by atoms with Crippen LogP contribution in [0.4, 0.5) is 27.8 Å². The number of fused-ring (bicyclic) bond motifs is 2. The molecular weight excluding hydrogens is 1060 g/mol. The summed E-state index contributed by atoms with van der Waals surface area (Å²) >= 11 is 0. The molecule has 4 fully saturated rings. The second-order valence-corrected chi connectivity index (χ2v) is 23.6. The highest BCUT2D eigenvalue weighted by Gasteiger charge is 2.36. The van der Waals surface area contributed by atoms with Gasteiger partial charge in [0, 0.05) is 129 Å². The fourth-order valence-corrected chi connectivity index (χ4v) is 13.0. The minimum absolute atomic E-state index is 0.00258. The van der Waals surface area contributed by atoms with Gasteiger partial charge in [0.15, 0.2) is 0 Å². The number of aromatic amines is 2. The van der Waals surface area contributed by atoms with Crippen LogP contribution in [0.5, 0.6) is 0 Å². The molecule has 1 aliphatic carbocycles. The van der Waals surface area contributed by atoms with Gasteiger partial charge in [0.1, 0.15) is 36.2 Å². The number of ether oxygens (including phenoxy) is 2. The van der Waals surface area contributed by atoms with Crippen LogP contribution >= 0.6 is 0 Å². The highest BCUT2D eigenvalue weighted by atomic mass is 16.6. The van der Waals surface area contributed by atoms with Crippen LogP contribution in [0.3, 0.4) is 0 Å². The highest BCUT2D eigenvalue weighted by molar-refractivity contribution is 5.96. The number of piperazine rings is 2. The van der Waals surface area contributed by atoms with Crippen LogP contribution < -0.4 is 15.5 Å². The molecule has 4 aromatic heterocycles. The number of nitro groups is 1. The summed E-state index contributed by atoms with van der Waals surface area (Å²) in [6.45, 7) is 17.0. The summed E-state index contributed by atoms with van der Waals surface area (Å²) in [7, 11) is 0. The number of carbonyl (C=O) groups is 2. The van der Waals surface area contributed by atoms with Crippen molar-refractivity contribution in [3.63, 3.8) is 0 Å². The number of H-pyrrole nitrogens is 2. The Bertz CT molecular complexity index is 3500. The number of amides is 1. The number of hydrogen-bond donors (Lipinski definition) is 3. The van der Waals surface area contributed by atoms with Gasteiger partial charge in [-0.2, -0.15) is 10.2 Å². The van der Waals surface area contributed by atoms with Gasteiger partial charge in [0.2, 0.25) is 0 Å². The fraction of sp³-hybridized carbons (Fsp3) is 0.415. The van der Waals surface area contributed by atoms with Crippen molar-refractivity contribution in [3.05, 3.63) is 155 Å². The largest absolute Gasteiger partial charge is 0.461 e. The number of pyridine rings is 2. The van der Waals surface area contributed by atoms with Gasteiger partial charge < -0.3 is 29.9 Å². The van der Waals surface area contributed by atoms with Gasteiger partial charge in [-0.05, 0) is 138 Å². The minimum atomic E-state index is -0.386. The Morgan fingerprint density at radius 1 is 0.595 bits per heavy atom. The third kappa shape index (κ3) is 13.5. The Morgan fingerprint density at radius 3 is 1.58 bits per heavy atom. The molecule has 3 aliphatic heterocycles. The normalized spacial score (nSPS) is 21.7. The third-order valence-corrected chi connectivity index (χ3v) is 17.7. The van der Waals surface area contributed by atoms with E-state index >= 15 is 0 Å². The molecule has 8 aromatic rings. The number of nitrogens with one attached hydrogen (secondary N) is 2. The standard InChI is InChI=1S/C33H38N6O4.C32H39N7O2/c1-22-18-37(31-16-27(14-15-34-31)32-29-17-28(39(41)42)12-13-30(29)35-36-32)19-23(2)38(22)20-24-8-10-26(11-9-24)33(40)43-21-25-6-4-3-5-7-25;1-22-18-38(30-16-26(10-13-34-30)31-28-17-27(33)8-9-29(28)35-36-31)19-23(2)39(22)20-24-11-14-37(15-12-24)32(40)41-21-25-6-4-3-5-7-25/h3-7,12-17,22-24,26H,8-11,18-21H2,1-2H3,(H,35,36);3-10,13,16-17,22-24H,11-12,14-15,18-21,33H2,1-2H3,(H,35,36)/t22-,23+,24?,26?;22-,23+. The van der Waals surface area contributed by atoms with Crippen LogP contribution in [-0.4, -0.2) is 139 Å². The second-order valence-electron chi connectivity index (χ2n) is 23.6. The number of nitrogens with two attached hydrogens (primary N) is 1. The number of nitrogens with zero attached hydrogens (tertiary/aromatic N) is 10. The molecule has 4 N–H and O–H groups in total. The molecule has 1 amide bonds. The quantitative estimate of drug-likeness (QED) is 0.0399. The zero-order chi connectivity index (χ0) is 58.3. The molecular formula is C65H77N13O6. The molecule has 12 rings (SSSR count). The van der Waals surface area contributed by atoms with Crippen molar-refractivity contribution in [2.45, 2.75) is 104 Å². The topological polar surface area (TPSA) is 221 Å². The van der Waals surface area contributed by atoms with Crippen molar-refractivity contribution in [3.8, 4) is 22.5 Å². The Labute approximate surface area is 490 Å². The van der Waals surface area contributed by atoms with E-state index in [4.69, 9.17) is 20.2 Å². The molecule has 1 saturated carbocycles. The number of piperidine rings is 1. The van der Waals surface area contributed by atoms with Gasteiger partial charge >= 0.3 is 12.1 Å². The predicted octanol–water partition coefficient (Wildman–Crippen LogP) is 11.1. The molecule has 3 saturated heterocycles. The molecule has 0 spiro atoms. The van der Waals surface area contributed by atoms with Crippen LogP contribution in [0.1, 0.15) is 77.3 Å². The van der Waals surface area contributed by atoms with Gasteiger partial charge in [0.25, 0.3) is 5.69 Å². The van der Waals surface area contributed by atoms with Gasteiger partial charge in [0.05, 0.1) is 21.9 Å². The van der Waals surface area contributed by atoms with Gasteiger partial charge in [-0.15, -0.1) is 0 Å². The predicted molar refractivity (Wildman–Crippen MR) is 328 cm³/mol. The molecule has 19 nitrogen and oxygen atoms in total. The molecule has 438 valence electrons. The van der Waals surface area contributed by atoms with Gasteiger partial charge in [-0.3, -0.25) is 34.9 Å². The summed E-state index contributed by atoms with van der Waals surface area (Å²) < 4.78 is 11.2. The number of non-ortho nitro benzene ring substituents is 1. The number of anilines is 3. The van der Waals surface area contributed by atoms with E-state index in [9.17, 15) is 19.7 Å². The number of likely N-dealkylation sites (tertiary alicyclic amines) is 1. The van der Waals surface area contributed by atoms with Crippen LogP contribution in [0.15, 0.2) is 134 Å². The number of nitro benzene ring substituents is 1. The molecule has 19 heteroatoms. The number of nitrogen functional groups attached to an aromatic ring is 1. The minimum Gasteiger partial charge on any atom is -0.461 e. The molecule has 0 bridgehead atoms. The van der Waals surface area contributed by atoms with E-state index in [1.165, 1.54) is 6.07 Å². The van der Waals surface area contributed by atoms with E-state index in [1.807, 2.05) is 108 Å². The first-order valence-corrected chi connectivity index (χ1v) is 29.8. The van der Waals surface area contributed by atoms with Crippen molar-refractivity contribution in [1.82, 2.24) is 45.1 Å². The van der Waals surface area contributed by atoms with Crippen molar-refractivity contribution in [2.24, 2.45) is 17.8 Å². The lowest BCUT2D eigenvalue weighted by atomic mass is 9.81. The molecule has 4 atom stereocenters. The molecule has 4 aromatic carbocycles. The average molecular weight is 1140 g/mol. The van der Waals surface area contributed by atoms with Gasteiger partial charge in [-0.25, -0.2) is 14.8 Å². The summed E-state index contributed by atoms with van der Waals surface area (Å²) in [6.07, 6.45) is 9.34. The summed E-state index contributed by atoms with van der Waals surface area (Å²) in [5, 5.41) is 28.2. The van der Waals surface area contributed by atoms with Crippen LogP contribution in [0.2, 0.25) is 0 Å². The lowest BCUT2D eigenvalue weighted by Crippen LogP contribution is -2.58. The Morgan fingerprint density at radius 2 is 1.07 bits per heavy atom. The number of rotatable bonds is 14. The Hall–Kier alpha value is -8.42. The molecule has 84 heavy (non-hydrogen) atoms. The first-order valence-electron chi connectivity index (χ1n) is 29.8. The number of benzene rings is 4. The average Bonchev–Trinajstić information content (AvgIpc) is 4.34. The maximum absolute atomic E-state index is 12.7. The van der Waals surface area contributed by atoms with E-state index in [-0.39, 0.29) is 28.6 Å². The van der Waals surface area contributed by atoms with Gasteiger partial charge in [-0.1, -0.05) is 60.7 Å². The summed E-state index contributed by atoms with van der Waals surface area (Å²) in [5.74, 6) is 2.95. The van der Waals surface area contributed by atoms with E-state index < -0.39 is 0 Å². The summed E-state index contributed by atoms with van der Waals surface area (Å²) in [6, 6.07) is 39.8. The van der Waals surface area contributed by atoms with Crippen LogP contribution in [-0.2, 0) is 27.5 Å². The first-order chi connectivity index (χ1) is 40.8. The van der Waals surface area contributed by atoms with E-state index in [0.717, 1.165) is 158 Å². The van der Waals surface area contributed by atoms with E-state index in [1.54, 1.807) is 18.3 Å².